The quantitative estimate of drug-likeness (QED) is 0.444. The van der Waals surface area contributed by atoms with Crippen LogP contribution in [0.15, 0.2) is 60.3 Å². The number of likely N-dealkylation sites (N-methyl/N-ethyl adjacent to an activating group) is 1. The molecule has 1 aliphatic rings. The maximum absolute atomic E-state index is 12.6. The van der Waals surface area contributed by atoms with Gasteiger partial charge < -0.3 is 15.2 Å². The molecule has 5 nitrogen and oxygen atoms in total. The lowest BCUT2D eigenvalue weighted by Crippen LogP contribution is -2.42. The van der Waals surface area contributed by atoms with E-state index in [-0.39, 0.29) is 17.0 Å². The predicted octanol–water partition coefficient (Wildman–Crippen LogP) is 5.07. The minimum Gasteiger partial charge on any atom is -0.366 e. The number of aromatic amines is 1. The predicted molar refractivity (Wildman–Crippen MR) is 131 cm³/mol. The van der Waals surface area contributed by atoms with Gasteiger partial charge in [-0.25, -0.2) is 0 Å². The molecule has 5 heteroatoms. The van der Waals surface area contributed by atoms with Gasteiger partial charge in [0.1, 0.15) is 11.6 Å². The van der Waals surface area contributed by atoms with E-state index in [0.29, 0.717) is 13.0 Å². The van der Waals surface area contributed by atoms with Crippen LogP contribution < -0.4 is 10.2 Å². The lowest BCUT2D eigenvalue weighted by Gasteiger charge is -2.40. The van der Waals surface area contributed by atoms with Crippen molar-refractivity contribution in [2.24, 2.45) is 0 Å². The number of nitrogens with one attached hydrogen (secondary N) is 2. The zero-order valence-electron chi connectivity index (χ0n) is 19.0. The molecule has 1 aliphatic heterocycles. The Labute approximate surface area is 189 Å². The van der Waals surface area contributed by atoms with E-state index in [2.05, 4.69) is 67.3 Å². The van der Waals surface area contributed by atoms with Crippen LogP contribution in [0, 0.1) is 11.3 Å². The van der Waals surface area contributed by atoms with Gasteiger partial charge in [0, 0.05) is 41.9 Å². The topological polar surface area (TPSA) is 71.9 Å². The Balaban J connectivity index is 1.48. The van der Waals surface area contributed by atoms with Crippen molar-refractivity contribution in [2.45, 2.75) is 32.7 Å². The van der Waals surface area contributed by atoms with Gasteiger partial charge >= 0.3 is 0 Å². The molecule has 0 saturated carbocycles. The fourth-order valence-corrected chi connectivity index (χ4v) is 4.33. The molecule has 32 heavy (non-hydrogen) atoms. The molecule has 1 aromatic heterocycles. The molecule has 0 saturated heterocycles. The summed E-state index contributed by atoms with van der Waals surface area (Å²) in [5.41, 5.74) is 6.58. The largest absolute Gasteiger partial charge is 0.366 e. The smallest absolute Gasteiger partial charge is 0.261 e. The number of rotatable bonds is 5. The molecule has 0 spiro atoms. The fourth-order valence-electron chi connectivity index (χ4n) is 4.33. The second-order valence-electron chi connectivity index (χ2n) is 8.85. The lowest BCUT2D eigenvalue weighted by atomic mass is 9.88. The van der Waals surface area contributed by atoms with E-state index in [1.807, 2.05) is 36.5 Å². The number of para-hydroxylation sites is 1. The molecule has 2 heterocycles. The van der Waals surface area contributed by atoms with Crippen molar-refractivity contribution in [1.82, 2.24) is 10.3 Å². The third-order valence-electron chi connectivity index (χ3n) is 6.27. The van der Waals surface area contributed by atoms with Crippen LogP contribution in [0.5, 0.6) is 0 Å². The third-order valence-corrected chi connectivity index (χ3v) is 6.27. The number of nitrogens with zero attached hydrogens (tertiary/aromatic N) is 2. The first-order chi connectivity index (χ1) is 15.3. The van der Waals surface area contributed by atoms with Crippen LogP contribution in [-0.2, 0) is 11.2 Å². The average molecular weight is 425 g/mol. The monoisotopic (exact) mass is 424 g/mol. The van der Waals surface area contributed by atoms with Crippen LogP contribution in [0.3, 0.4) is 0 Å². The number of carbonyl (C=O) groups excluding carboxylic acids is 1. The second kappa shape index (κ2) is 8.39. The fraction of sp³-hybridized carbons (Fsp3) is 0.259. The molecule has 162 valence electrons. The summed E-state index contributed by atoms with van der Waals surface area (Å²) in [6.07, 6.45) is 6.57. The van der Waals surface area contributed by atoms with Crippen molar-refractivity contribution in [3.05, 3.63) is 77.0 Å². The highest BCUT2D eigenvalue weighted by Crippen LogP contribution is 2.38. The summed E-state index contributed by atoms with van der Waals surface area (Å²) in [5, 5.41) is 13.6. The van der Waals surface area contributed by atoms with Gasteiger partial charge in [-0.05, 0) is 68.2 Å². The van der Waals surface area contributed by atoms with Crippen molar-refractivity contribution >= 4 is 34.1 Å². The van der Waals surface area contributed by atoms with Gasteiger partial charge in [0.15, 0.2) is 0 Å². The van der Waals surface area contributed by atoms with Crippen molar-refractivity contribution in [3.8, 4) is 6.07 Å². The lowest BCUT2D eigenvalue weighted by molar-refractivity contribution is -0.117. The van der Waals surface area contributed by atoms with E-state index < -0.39 is 0 Å². The first-order valence-corrected chi connectivity index (χ1v) is 10.8. The molecular formula is C27H28N4O. The standard InChI is InChI=1S/C27H28N4O/c1-18-15-27(2,3)31(4)25-10-9-19(14-23(18)25)13-21(16-28)26(32)29-12-11-20-17-30-24-8-6-5-7-22(20)24/h5-10,13-15,17,30H,11-12H2,1-4H3,(H,29,32)/b21-13+. The third kappa shape index (κ3) is 4.04. The zero-order valence-corrected chi connectivity index (χ0v) is 19.0. The number of carbonyl (C=O) groups is 1. The summed E-state index contributed by atoms with van der Waals surface area (Å²) in [6, 6.07) is 16.2. The first kappa shape index (κ1) is 21.5. The molecule has 2 N–H and O–H groups in total. The number of hydrogen-bond acceptors (Lipinski definition) is 3. The molecule has 3 aromatic rings. The average Bonchev–Trinajstić information content (AvgIpc) is 3.18. The van der Waals surface area contributed by atoms with E-state index in [4.69, 9.17) is 0 Å². The van der Waals surface area contributed by atoms with Crippen LogP contribution in [0.1, 0.15) is 37.5 Å². The summed E-state index contributed by atoms with van der Waals surface area (Å²) in [6.45, 7) is 6.93. The van der Waals surface area contributed by atoms with Gasteiger partial charge in [-0.2, -0.15) is 5.26 Å². The van der Waals surface area contributed by atoms with Crippen molar-refractivity contribution in [2.75, 3.05) is 18.5 Å². The van der Waals surface area contributed by atoms with Crippen LogP contribution in [0.4, 0.5) is 5.69 Å². The highest BCUT2D eigenvalue weighted by Gasteiger charge is 2.28. The number of H-pyrrole nitrogens is 1. The van der Waals surface area contributed by atoms with Crippen LogP contribution >= 0.6 is 0 Å². The van der Waals surface area contributed by atoms with Gasteiger partial charge in [0.2, 0.25) is 0 Å². The second-order valence-corrected chi connectivity index (χ2v) is 8.85. The number of aromatic nitrogens is 1. The molecule has 0 fully saturated rings. The Kier molecular flexibility index (Phi) is 5.63. The molecule has 4 rings (SSSR count). The summed E-state index contributed by atoms with van der Waals surface area (Å²) < 4.78 is 0. The molecule has 0 radical (unpaired) electrons. The summed E-state index contributed by atoms with van der Waals surface area (Å²) in [4.78, 5) is 18.1. The number of allylic oxidation sites excluding steroid dienone is 1. The van der Waals surface area contributed by atoms with Crippen LogP contribution in [0.2, 0.25) is 0 Å². The van der Waals surface area contributed by atoms with E-state index in [0.717, 1.165) is 33.3 Å². The van der Waals surface area contributed by atoms with Gasteiger partial charge in [-0.1, -0.05) is 30.3 Å². The molecule has 0 aliphatic carbocycles. The minimum atomic E-state index is -0.351. The number of amides is 1. The molecule has 0 bridgehead atoms. The Morgan fingerprint density at radius 1 is 1.25 bits per heavy atom. The van der Waals surface area contributed by atoms with E-state index in [1.165, 1.54) is 5.57 Å². The normalized spacial score (nSPS) is 15.2. The Morgan fingerprint density at radius 2 is 2.03 bits per heavy atom. The molecule has 0 atom stereocenters. The first-order valence-electron chi connectivity index (χ1n) is 10.8. The number of anilines is 1. The van der Waals surface area contributed by atoms with E-state index >= 15 is 0 Å². The maximum Gasteiger partial charge on any atom is 0.261 e. The Morgan fingerprint density at radius 3 is 2.81 bits per heavy atom. The van der Waals surface area contributed by atoms with Gasteiger partial charge in [0.05, 0.1) is 5.54 Å². The van der Waals surface area contributed by atoms with E-state index in [1.54, 1.807) is 6.08 Å². The summed E-state index contributed by atoms with van der Waals surface area (Å²) in [7, 11) is 2.08. The molecule has 2 aromatic carbocycles. The highest BCUT2D eigenvalue weighted by atomic mass is 16.1. The Hall–Kier alpha value is -3.78. The zero-order chi connectivity index (χ0) is 22.9. The van der Waals surface area contributed by atoms with Crippen molar-refractivity contribution < 1.29 is 4.79 Å². The molecule has 1 amide bonds. The van der Waals surface area contributed by atoms with Crippen molar-refractivity contribution in [3.63, 3.8) is 0 Å². The maximum atomic E-state index is 12.6. The number of fused-ring (bicyclic) bond motifs is 2. The van der Waals surface area contributed by atoms with Gasteiger partial charge in [-0.15, -0.1) is 0 Å². The number of benzene rings is 2. The van der Waals surface area contributed by atoms with Crippen LogP contribution in [0.25, 0.3) is 22.6 Å². The van der Waals surface area contributed by atoms with Gasteiger partial charge in [0.25, 0.3) is 5.91 Å². The molecule has 0 unspecified atom stereocenters. The molecular weight excluding hydrogens is 396 g/mol. The van der Waals surface area contributed by atoms with Crippen LogP contribution in [-0.4, -0.2) is 30.0 Å². The SMILES string of the molecule is CC1=CC(C)(C)N(C)c2ccc(/C=C(\C#N)C(=O)NCCc3c[nH]c4ccccc34)cc21. The number of nitriles is 1. The minimum absolute atomic E-state index is 0.0586. The van der Waals surface area contributed by atoms with Gasteiger partial charge in [-0.3, -0.25) is 4.79 Å². The van der Waals surface area contributed by atoms with Crippen molar-refractivity contribution in [1.29, 1.82) is 5.26 Å². The number of hydrogen-bond donors (Lipinski definition) is 2. The highest BCUT2D eigenvalue weighted by molar-refractivity contribution is 6.02. The Bertz CT molecular complexity index is 1290. The summed E-state index contributed by atoms with van der Waals surface area (Å²) >= 11 is 0. The summed E-state index contributed by atoms with van der Waals surface area (Å²) in [5.74, 6) is -0.351. The van der Waals surface area contributed by atoms with E-state index in [9.17, 15) is 10.1 Å².